The van der Waals surface area contributed by atoms with Gasteiger partial charge in [-0.25, -0.2) is 9.97 Å². The standard InChI is InChI=1S/C8H9ClN4/c1-4(2)6-11-5-3-10-8(9)13-7(5)12-6/h3-4H,1-2H3,(H,10,11,12,13). The maximum Gasteiger partial charge on any atom is 0.224 e. The molecule has 0 aliphatic carbocycles. The van der Waals surface area contributed by atoms with Gasteiger partial charge in [0.2, 0.25) is 5.28 Å². The number of nitrogens with one attached hydrogen (secondary N) is 1. The first-order valence-corrected chi connectivity index (χ1v) is 4.43. The van der Waals surface area contributed by atoms with E-state index in [1.807, 2.05) is 0 Å². The molecule has 68 valence electrons. The number of rotatable bonds is 1. The Morgan fingerprint density at radius 3 is 2.85 bits per heavy atom. The molecule has 0 spiro atoms. The summed E-state index contributed by atoms with van der Waals surface area (Å²) in [5.41, 5.74) is 1.46. The summed E-state index contributed by atoms with van der Waals surface area (Å²) >= 11 is 5.63. The van der Waals surface area contributed by atoms with Gasteiger partial charge in [0.25, 0.3) is 0 Å². The van der Waals surface area contributed by atoms with E-state index in [1.165, 1.54) is 0 Å². The van der Waals surface area contributed by atoms with Crippen LogP contribution in [0.2, 0.25) is 5.28 Å². The molecular weight excluding hydrogens is 188 g/mol. The van der Waals surface area contributed by atoms with Gasteiger partial charge in [0.1, 0.15) is 11.3 Å². The normalized spacial score (nSPS) is 11.4. The predicted molar refractivity (Wildman–Crippen MR) is 50.8 cm³/mol. The average Bonchev–Trinajstić information content (AvgIpc) is 2.46. The Hall–Kier alpha value is -1.16. The van der Waals surface area contributed by atoms with E-state index in [2.05, 4.69) is 33.8 Å². The van der Waals surface area contributed by atoms with Crippen molar-refractivity contribution in [2.24, 2.45) is 0 Å². The van der Waals surface area contributed by atoms with Crippen LogP contribution in [-0.2, 0) is 0 Å². The molecule has 0 amide bonds. The van der Waals surface area contributed by atoms with Crippen LogP contribution in [0.25, 0.3) is 11.2 Å². The minimum atomic E-state index is 0.231. The van der Waals surface area contributed by atoms with Gasteiger partial charge >= 0.3 is 0 Å². The number of aromatic amines is 1. The summed E-state index contributed by atoms with van der Waals surface area (Å²) in [5.74, 6) is 1.26. The zero-order chi connectivity index (χ0) is 9.42. The third-order valence-corrected chi connectivity index (χ3v) is 1.96. The molecule has 0 bridgehead atoms. The van der Waals surface area contributed by atoms with Crippen LogP contribution in [0.1, 0.15) is 25.6 Å². The molecule has 1 N–H and O–H groups in total. The molecule has 2 aromatic rings. The number of fused-ring (bicyclic) bond motifs is 1. The first-order chi connectivity index (χ1) is 6.16. The van der Waals surface area contributed by atoms with Crippen LogP contribution in [0.5, 0.6) is 0 Å². The largest absolute Gasteiger partial charge is 0.339 e. The molecule has 0 saturated carbocycles. The summed E-state index contributed by atoms with van der Waals surface area (Å²) < 4.78 is 0. The number of aromatic nitrogens is 4. The molecule has 13 heavy (non-hydrogen) atoms. The third kappa shape index (κ3) is 1.49. The lowest BCUT2D eigenvalue weighted by molar-refractivity contribution is 0.798. The Morgan fingerprint density at radius 1 is 1.38 bits per heavy atom. The predicted octanol–water partition coefficient (Wildman–Crippen LogP) is 2.13. The van der Waals surface area contributed by atoms with Crippen molar-refractivity contribution in [1.82, 2.24) is 19.9 Å². The summed E-state index contributed by atoms with van der Waals surface area (Å²) in [6.07, 6.45) is 1.64. The number of hydrogen-bond donors (Lipinski definition) is 1. The van der Waals surface area contributed by atoms with Gasteiger partial charge in [-0.2, -0.15) is 4.98 Å². The SMILES string of the molecule is CC(C)c1nc2nc(Cl)ncc2[nH]1. The molecule has 0 aliphatic rings. The number of halogens is 1. The molecule has 0 aromatic carbocycles. The molecular formula is C8H9ClN4. The van der Waals surface area contributed by atoms with Crippen LogP contribution in [0, 0.1) is 0 Å². The van der Waals surface area contributed by atoms with Crippen molar-refractivity contribution < 1.29 is 0 Å². The third-order valence-electron chi connectivity index (χ3n) is 1.78. The molecule has 4 nitrogen and oxygen atoms in total. The molecule has 0 saturated heterocycles. The lowest BCUT2D eigenvalue weighted by Gasteiger charge is -1.95. The fourth-order valence-electron chi connectivity index (χ4n) is 1.08. The van der Waals surface area contributed by atoms with E-state index in [4.69, 9.17) is 11.6 Å². The molecule has 0 atom stereocenters. The quantitative estimate of drug-likeness (QED) is 0.711. The summed E-state index contributed by atoms with van der Waals surface area (Å²) in [6, 6.07) is 0. The zero-order valence-electron chi connectivity index (χ0n) is 7.37. The van der Waals surface area contributed by atoms with Gasteiger partial charge in [-0.05, 0) is 11.6 Å². The summed E-state index contributed by atoms with van der Waals surface area (Å²) in [6.45, 7) is 4.12. The van der Waals surface area contributed by atoms with Gasteiger partial charge in [0.05, 0.1) is 6.20 Å². The highest BCUT2D eigenvalue weighted by Gasteiger charge is 2.07. The lowest BCUT2D eigenvalue weighted by Crippen LogP contribution is -1.88. The van der Waals surface area contributed by atoms with Gasteiger partial charge in [-0.15, -0.1) is 0 Å². The van der Waals surface area contributed by atoms with E-state index in [-0.39, 0.29) is 5.28 Å². The van der Waals surface area contributed by atoms with Crippen molar-refractivity contribution in [3.05, 3.63) is 17.3 Å². The fraction of sp³-hybridized carbons (Fsp3) is 0.375. The van der Waals surface area contributed by atoms with E-state index in [0.717, 1.165) is 11.3 Å². The molecule has 2 rings (SSSR count). The maximum absolute atomic E-state index is 5.63. The van der Waals surface area contributed by atoms with Crippen LogP contribution in [0.4, 0.5) is 0 Å². The molecule has 0 aliphatic heterocycles. The highest BCUT2D eigenvalue weighted by Crippen LogP contribution is 2.15. The Morgan fingerprint density at radius 2 is 2.15 bits per heavy atom. The van der Waals surface area contributed by atoms with Crippen molar-refractivity contribution in [3.63, 3.8) is 0 Å². The highest BCUT2D eigenvalue weighted by molar-refractivity contribution is 6.28. The van der Waals surface area contributed by atoms with Gasteiger partial charge in [-0.3, -0.25) is 0 Å². The van der Waals surface area contributed by atoms with Crippen molar-refractivity contribution in [1.29, 1.82) is 0 Å². The first-order valence-electron chi connectivity index (χ1n) is 4.05. The Labute approximate surface area is 80.4 Å². The summed E-state index contributed by atoms with van der Waals surface area (Å²) in [7, 11) is 0. The fourth-order valence-corrected chi connectivity index (χ4v) is 1.21. The second-order valence-electron chi connectivity index (χ2n) is 3.15. The monoisotopic (exact) mass is 196 g/mol. The zero-order valence-corrected chi connectivity index (χ0v) is 8.13. The van der Waals surface area contributed by atoms with Crippen molar-refractivity contribution >= 4 is 22.8 Å². The van der Waals surface area contributed by atoms with E-state index >= 15 is 0 Å². The first kappa shape index (κ1) is 8.44. The molecule has 0 radical (unpaired) electrons. The van der Waals surface area contributed by atoms with Crippen molar-refractivity contribution in [2.75, 3.05) is 0 Å². The van der Waals surface area contributed by atoms with Crippen LogP contribution < -0.4 is 0 Å². The maximum atomic E-state index is 5.63. The van der Waals surface area contributed by atoms with Gasteiger partial charge in [0.15, 0.2) is 5.65 Å². The topological polar surface area (TPSA) is 54.5 Å². The lowest BCUT2D eigenvalue weighted by atomic mass is 10.2. The molecule has 2 heterocycles. The highest BCUT2D eigenvalue weighted by atomic mass is 35.5. The van der Waals surface area contributed by atoms with Crippen LogP contribution in [-0.4, -0.2) is 19.9 Å². The molecule has 0 fully saturated rings. The van der Waals surface area contributed by atoms with Gasteiger partial charge in [-0.1, -0.05) is 13.8 Å². The molecule has 0 unspecified atom stereocenters. The second kappa shape index (κ2) is 2.96. The number of nitrogens with zero attached hydrogens (tertiary/aromatic N) is 3. The number of imidazole rings is 1. The molecule has 5 heteroatoms. The average molecular weight is 197 g/mol. The van der Waals surface area contributed by atoms with Gasteiger partial charge < -0.3 is 4.98 Å². The minimum Gasteiger partial charge on any atom is -0.339 e. The van der Waals surface area contributed by atoms with Gasteiger partial charge in [0, 0.05) is 5.92 Å². The van der Waals surface area contributed by atoms with E-state index in [0.29, 0.717) is 11.6 Å². The summed E-state index contributed by atoms with van der Waals surface area (Å²) in [4.78, 5) is 15.3. The van der Waals surface area contributed by atoms with Crippen LogP contribution in [0.3, 0.4) is 0 Å². The van der Waals surface area contributed by atoms with Crippen molar-refractivity contribution in [3.8, 4) is 0 Å². The van der Waals surface area contributed by atoms with E-state index < -0.39 is 0 Å². The van der Waals surface area contributed by atoms with Crippen LogP contribution >= 0.6 is 11.6 Å². The van der Waals surface area contributed by atoms with Crippen molar-refractivity contribution in [2.45, 2.75) is 19.8 Å². The summed E-state index contributed by atoms with van der Waals surface area (Å²) in [5, 5.41) is 0.231. The van der Waals surface area contributed by atoms with E-state index in [9.17, 15) is 0 Å². The second-order valence-corrected chi connectivity index (χ2v) is 3.49. The Bertz CT molecular complexity index is 435. The number of hydrogen-bond acceptors (Lipinski definition) is 3. The Kier molecular flexibility index (Phi) is 1.92. The molecule has 2 aromatic heterocycles. The van der Waals surface area contributed by atoms with Crippen LogP contribution in [0.15, 0.2) is 6.20 Å². The number of H-pyrrole nitrogens is 1. The van der Waals surface area contributed by atoms with E-state index in [1.54, 1.807) is 6.20 Å². The smallest absolute Gasteiger partial charge is 0.224 e. The Balaban J connectivity index is 2.62. The minimum absolute atomic E-state index is 0.231.